The zero-order valence-electron chi connectivity index (χ0n) is 7.14. The molecule has 0 spiro atoms. The first kappa shape index (κ1) is 10.5. The predicted octanol–water partition coefficient (Wildman–Crippen LogP) is 1.69. The highest BCUT2D eigenvalue weighted by molar-refractivity contribution is 7.08. The third-order valence-corrected chi connectivity index (χ3v) is 2.20. The number of aliphatic carboxylic acids is 2. The van der Waals surface area contributed by atoms with E-state index in [1.807, 2.05) is 0 Å². The third-order valence-electron chi connectivity index (χ3n) is 1.50. The minimum atomic E-state index is -1.20. The van der Waals surface area contributed by atoms with Crippen molar-refractivity contribution >= 4 is 29.4 Å². The number of carboxylic acid groups (broad SMARTS) is 2. The first-order valence-electron chi connectivity index (χ1n) is 3.77. The summed E-state index contributed by atoms with van der Waals surface area (Å²) < 4.78 is 0. The average molecular weight is 212 g/mol. The molecule has 0 atom stereocenters. The molecular formula is C9H8O4S. The van der Waals surface area contributed by atoms with Crippen molar-refractivity contribution in [2.24, 2.45) is 0 Å². The minimum Gasteiger partial charge on any atom is -0.481 e. The Balaban J connectivity index is 2.88. The van der Waals surface area contributed by atoms with E-state index in [0.717, 1.165) is 0 Å². The van der Waals surface area contributed by atoms with Crippen molar-refractivity contribution in [3.8, 4) is 0 Å². The highest BCUT2D eigenvalue weighted by atomic mass is 32.1. The Bertz CT molecular complexity index is 364. The Morgan fingerprint density at radius 3 is 2.57 bits per heavy atom. The molecule has 1 aromatic heterocycles. The maximum absolute atomic E-state index is 10.6. The molecule has 0 aliphatic heterocycles. The van der Waals surface area contributed by atoms with Gasteiger partial charge in [0.25, 0.3) is 0 Å². The summed E-state index contributed by atoms with van der Waals surface area (Å²) in [7, 11) is 0. The van der Waals surface area contributed by atoms with Crippen LogP contribution < -0.4 is 0 Å². The van der Waals surface area contributed by atoms with Crippen molar-refractivity contribution in [3.05, 3.63) is 28.0 Å². The zero-order chi connectivity index (χ0) is 10.6. The van der Waals surface area contributed by atoms with Crippen molar-refractivity contribution in [3.63, 3.8) is 0 Å². The smallest absolute Gasteiger partial charge is 0.332 e. The van der Waals surface area contributed by atoms with Gasteiger partial charge in [-0.1, -0.05) is 0 Å². The second kappa shape index (κ2) is 4.57. The molecule has 0 saturated heterocycles. The van der Waals surface area contributed by atoms with Gasteiger partial charge in [0, 0.05) is 5.57 Å². The number of carbonyl (C=O) groups is 2. The van der Waals surface area contributed by atoms with E-state index in [2.05, 4.69) is 0 Å². The summed E-state index contributed by atoms with van der Waals surface area (Å²) in [6.45, 7) is 0. The van der Waals surface area contributed by atoms with Crippen LogP contribution in [0, 0.1) is 0 Å². The van der Waals surface area contributed by atoms with Gasteiger partial charge in [-0.05, 0) is 28.5 Å². The molecule has 0 amide bonds. The van der Waals surface area contributed by atoms with Crippen LogP contribution >= 0.6 is 11.3 Å². The molecule has 0 fully saturated rings. The van der Waals surface area contributed by atoms with Crippen LogP contribution in [0.1, 0.15) is 12.0 Å². The van der Waals surface area contributed by atoms with Crippen molar-refractivity contribution in [1.29, 1.82) is 0 Å². The second-order valence-corrected chi connectivity index (χ2v) is 3.38. The average Bonchev–Trinajstić information content (AvgIpc) is 2.54. The van der Waals surface area contributed by atoms with Gasteiger partial charge in [-0.25, -0.2) is 4.79 Å². The van der Waals surface area contributed by atoms with Gasteiger partial charge in [-0.3, -0.25) is 4.79 Å². The summed E-state index contributed by atoms with van der Waals surface area (Å²) >= 11 is 1.43. The molecule has 0 radical (unpaired) electrons. The van der Waals surface area contributed by atoms with E-state index in [9.17, 15) is 9.59 Å². The molecule has 0 aliphatic rings. The Morgan fingerprint density at radius 1 is 1.43 bits per heavy atom. The van der Waals surface area contributed by atoms with Crippen LogP contribution in [0.4, 0.5) is 0 Å². The molecule has 5 heteroatoms. The van der Waals surface area contributed by atoms with Gasteiger partial charge < -0.3 is 10.2 Å². The first-order chi connectivity index (χ1) is 6.59. The maximum Gasteiger partial charge on any atom is 0.332 e. The molecule has 4 nitrogen and oxygen atoms in total. The predicted molar refractivity (Wildman–Crippen MR) is 52.2 cm³/mol. The molecule has 1 aromatic rings. The lowest BCUT2D eigenvalue weighted by Gasteiger charge is -1.96. The number of hydrogen-bond acceptors (Lipinski definition) is 3. The van der Waals surface area contributed by atoms with Crippen LogP contribution in [-0.4, -0.2) is 22.2 Å². The Morgan fingerprint density at radius 2 is 2.14 bits per heavy atom. The maximum atomic E-state index is 10.6. The fourth-order valence-corrected chi connectivity index (χ4v) is 1.53. The van der Waals surface area contributed by atoms with E-state index in [1.165, 1.54) is 17.4 Å². The van der Waals surface area contributed by atoms with E-state index in [4.69, 9.17) is 10.2 Å². The summed E-state index contributed by atoms with van der Waals surface area (Å²) in [5.74, 6) is -2.34. The number of hydrogen-bond donors (Lipinski definition) is 2. The lowest BCUT2D eigenvalue weighted by atomic mass is 10.1. The van der Waals surface area contributed by atoms with Gasteiger partial charge in [0.2, 0.25) is 0 Å². The van der Waals surface area contributed by atoms with Crippen LogP contribution in [0.25, 0.3) is 6.08 Å². The monoisotopic (exact) mass is 212 g/mol. The molecule has 0 unspecified atom stereocenters. The molecule has 14 heavy (non-hydrogen) atoms. The molecule has 74 valence electrons. The quantitative estimate of drug-likeness (QED) is 0.745. The standard InChI is InChI=1S/C9H8O4S/c10-8(11)4-7(9(12)13)3-6-1-2-14-5-6/h1-3,5H,4H2,(H,10,11)(H,12,13)/b7-3-. The van der Waals surface area contributed by atoms with Crippen LogP contribution in [-0.2, 0) is 9.59 Å². The van der Waals surface area contributed by atoms with Gasteiger partial charge in [-0.15, -0.1) is 0 Å². The Labute approximate surface area is 84.1 Å². The van der Waals surface area contributed by atoms with Crippen molar-refractivity contribution in [2.75, 3.05) is 0 Å². The summed E-state index contributed by atoms with van der Waals surface area (Å²) in [5, 5.41) is 20.7. The molecule has 0 aromatic carbocycles. The van der Waals surface area contributed by atoms with Crippen LogP contribution in [0.3, 0.4) is 0 Å². The highest BCUT2D eigenvalue weighted by Gasteiger charge is 2.11. The van der Waals surface area contributed by atoms with Crippen molar-refractivity contribution in [2.45, 2.75) is 6.42 Å². The normalized spacial score (nSPS) is 11.3. The molecule has 0 bridgehead atoms. The summed E-state index contributed by atoms with van der Waals surface area (Å²) in [5.41, 5.74) is 0.601. The van der Waals surface area contributed by atoms with Gasteiger partial charge in [0.15, 0.2) is 0 Å². The molecule has 1 rings (SSSR count). The lowest BCUT2D eigenvalue weighted by Crippen LogP contribution is -2.06. The summed E-state index contributed by atoms with van der Waals surface area (Å²) in [6.07, 6.45) is 0.901. The SMILES string of the molecule is O=C(O)C/C(=C/c1ccsc1)C(=O)O. The fraction of sp³-hybridized carbons (Fsp3) is 0.111. The van der Waals surface area contributed by atoms with Gasteiger partial charge >= 0.3 is 11.9 Å². The number of rotatable bonds is 4. The summed E-state index contributed by atoms with van der Waals surface area (Å²) in [6, 6.07) is 1.73. The van der Waals surface area contributed by atoms with Crippen LogP contribution in [0.5, 0.6) is 0 Å². The molecule has 2 N–H and O–H groups in total. The van der Waals surface area contributed by atoms with Gasteiger partial charge in [0.05, 0.1) is 6.42 Å². The van der Waals surface area contributed by atoms with Crippen LogP contribution in [0.2, 0.25) is 0 Å². The topological polar surface area (TPSA) is 74.6 Å². The Hall–Kier alpha value is -1.62. The van der Waals surface area contributed by atoms with Gasteiger partial charge in [0.1, 0.15) is 0 Å². The second-order valence-electron chi connectivity index (χ2n) is 2.60. The fourth-order valence-electron chi connectivity index (χ4n) is 0.910. The highest BCUT2D eigenvalue weighted by Crippen LogP contribution is 2.13. The van der Waals surface area contributed by atoms with Crippen molar-refractivity contribution in [1.82, 2.24) is 0 Å². The number of thiophene rings is 1. The van der Waals surface area contributed by atoms with E-state index in [1.54, 1.807) is 16.8 Å². The molecule has 0 aliphatic carbocycles. The van der Waals surface area contributed by atoms with E-state index < -0.39 is 18.4 Å². The van der Waals surface area contributed by atoms with E-state index in [0.29, 0.717) is 5.56 Å². The van der Waals surface area contributed by atoms with Crippen molar-refractivity contribution < 1.29 is 19.8 Å². The zero-order valence-corrected chi connectivity index (χ0v) is 7.95. The van der Waals surface area contributed by atoms with Gasteiger partial charge in [-0.2, -0.15) is 11.3 Å². The lowest BCUT2D eigenvalue weighted by molar-refractivity contribution is -0.139. The molecule has 0 saturated carbocycles. The van der Waals surface area contributed by atoms with Crippen LogP contribution in [0.15, 0.2) is 22.4 Å². The third kappa shape index (κ3) is 3.02. The summed E-state index contributed by atoms with van der Waals surface area (Å²) in [4.78, 5) is 21.0. The molecule has 1 heterocycles. The Kier molecular flexibility index (Phi) is 3.41. The van der Waals surface area contributed by atoms with E-state index >= 15 is 0 Å². The molecular weight excluding hydrogens is 204 g/mol. The minimum absolute atomic E-state index is 0.115. The first-order valence-corrected chi connectivity index (χ1v) is 4.71. The largest absolute Gasteiger partial charge is 0.481 e. The number of carboxylic acids is 2. The van der Waals surface area contributed by atoms with E-state index in [-0.39, 0.29) is 5.57 Å².